The maximum Gasteiger partial charge on any atom is 0.210 e. The SMILES string of the molecule is Nn1c(SCc2ccc(Br)cc2)nnc1-c1cc(-c2ccc(Cl)cc2)n[nH]1. The summed E-state index contributed by atoms with van der Waals surface area (Å²) in [6.45, 7) is 0. The van der Waals surface area contributed by atoms with E-state index < -0.39 is 0 Å². The second-order valence-corrected chi connectivity index (χ2v) is 8.06. The van der Waals surface area contributed by atoms with E-state index in [-0.39, 0.29) is 0 Å². The summed E-state index contributed by atoms with van der Waals surface area (Å²) in [4.78, 5) is 0. The van der Waals surface area contributed by atoms with Crippen LogP contribution in [-0.2, 0) is 5.75 Å². The van der Waals surface area contributed by atoms with Crippen molar-refractivity contribution < 1.29 is 0 Å². The van der Waals surface area contributed by atoms with Crippen LogP contribution in [0.25, 0.3) is 22.8 Å². The zero-order chi connectivity index (χ0) is 18.8. The molecular weight excluding hydrogens is 448 g/mol. The first-order valence-electron chi connectivity index (χ1n) is 7.99. The molecule has 0 fully saturated rings. The predicted octanol–water partition coefficient (Wildman–Crippen LogP) is 4.76. The van der Waals surface area contributed by atoms with Gasteiger partial charge in [0.05, 0.1) is 5.69 Å². The lowest BCUT2D eigenvalue weighted by molar-refractivity contribution is 0.847. The monoisotopic (exact) mass is 460 g/mol. The number of aromatic amines is 1. The lowest BCUT2D eigenvalue weighted by atomic mass is 10.1. The Kier molecular flexibility index (Phi) is 5.20. The molecule has 0 aliphatic heterocycles. The van der Waals surface area contributed by atoms with Gasteiger partial charge < -0.3 is 5.84 Å². The number of nitrogen functional groups attached to an aromatic ring is 1. The average molecular weight is 462 g/mol. The van der Waals surface area contributed by atoms with Gasteiger partial charge in [-0.05, 0) is 35.9 Å². The van der Waals surface area contributed by atoms with E-state index in [2.05, 4.69) is 48.5 Å². The van der Waals surface area contributed by atoms with Gasteiger partial charge in [-0.1, -0.05) is 63.6 Å². The van der Waals surface area contributed by atoms with Crippen molar-refractivity contribution in [3.8, 4) is 22.8 Å². The molecular formula is C18H14BrClN6S. The molecule has 0 saturated carbocycles. The minimum atomic E-state index is 0.529. The van der Waals surface area contributed by atoms with Gasteiger partial charge in [0.15, 0.2) is 0 Å². The van der Waals surface area contributed by atoms with Gasteiger partial charge in [-0.25, -0.2) is 4.68 Å². The lowest BCUT2D eigenvalue weighted by Crippen LogP contribution is -2.11. The van der Waals surface area contributed by atoms with Crippen LogP contribution in [0.15, 0.2) is 64.2 Å². The van der Waals surface area contributed by atoms with Gasteiger partial charge in [-0.15, -0.1) is 10.2 Å². The summed E-state index contributed by atoms with van der Waals surface area (Å²) in [6.07, 6.45) is 0. The van der Waals surface area contributed by atoms with Crippen LogP contribution < -0.4 is 5.84 Å². The maximum atomic E-state index is 6.19. The first-order chi connectivity index (χ1) is 13.1. The molecule has 0 aliphatic carbocycles. The normalized spacial score (nSPS) is 11.0. The van der Waals surface area contributed by atoms with Crippen molar-refractivity contribution in [3.05, 3.63) is 69.7 Å². The average Bonchev–Trinajstić information content (AvgIpc) is 3.29. The molecule has 2 aromatic heterocycles. The fraction of sp³-hybridized carbons (Fsp3) is 0.0556. The molecule has 0 amide bonds. The molecule has 27 heavy (non-hydrogen) atoms. The van der Waals surface area contributed by atoms with Gasteiger partial charge >= 0.3 is 0 Å². The van der Waals surface area contributed by atoms with E-state index in [9.17, 15) is 0 Å². The van der Waals surface area contributed by atoms with Gasteiger partial charge in [-0.3, -0.25) is 5.10 Å². The van der Waals surface area contributed by atoms with Crippen molar-refractivity contribution in [2.75, 3.05) is 5.84 Å². The molecule has 6 nitrogen and oxygen atoms in total. The molecule has 4 rings (SSSR count). The van der Waals surface area contributed by atoms with E-state index in [0.717, 1.165) is 21.5 Å². The van der Waals surface area contributed by atoms with Gasteiger partial charge in [0.25, 0.3) is 0 Å². The molecule has 0 unspecified atom stereocenters. The Labute approximate surface area is 173 Å². The molecule has 9 heteroatoms. The number of hydrogen-bond donors (Lipinski definition) is 2. The number of H-pyrrole nitrogens is 1. The van der Waals surface area contributed by atoms with E-state index in [1.54, 1.807) is 0 Å². The highest BCUT2D eigenvalue weighted by molar-refractivity contribution is 9.10. The third-order valence-corrected chi connectivity index (χ3v) is 5.70. The summed E-state index contributed by atoms with van der Waals surface area (Å²) in [5.41, 5.74) is 3.62. The molecule has 0 spiro atoms. The quantitative estimate of drug-likeness (QED) is 0.331. The number of nitrogens with two attached hydrogens (primary N) is 1. The number of nitrogens with one attached hydrogen (secondary N) is 1. The van der Waals surface area contributed by atoms with Crippen molar-refractivity contribution in [1.82, 2.24) is 25.1 Å². The number of nitrogens with zero attached hydrogens (tertiary/aromatic N) is 4. The lowest BCUT2D eigenvalue weighted by Gasteiger charge is -2.03. The molecule has 136 valence electrons. The number of benzene rings is 2. The Bertz CT molecular complexity index is 1060. The largest absolute Gasteiger partial charge is 0.335 e. The highest BCUT2D eigenvalue weighted by Crippen LogP contribution is 2.27. The third kappa shape index (κ3) is 4.02. The van der Waals surface area contributed by atoms with Crippen LogP contribution in [-0.4, -0.2) is 25.1 Å². The number of halogens is 2. The first kappa shape index (κ1) is 18.1. The van der Waals surface area contributed by atoms with E-state index in [4.69, 9.17) is 17.4 Å². The Morgan fingerprint density at radius 1 is 1.07 bits per heavy atom. The molecule has 0 radical (unpaired) electrons. The van der Waals surface area contributed by atoms with Gasteiger partial charge in [0, 0.05) is 20.8 Å². The van der Waals surface area contributed by atoms with Crippen LogP contribution in [0, 0.1) is 0 Å². The fourth-order valence-electron chi connectivity index (χ4n) is 2.49. The van der Waals surface area contributed by atoms with Crippen molar-refractivity contribution >= 4 is 39.3 Å². The Hall–Kier alpha value is -2.29. The zero-order valence-corrected chi connectivity index (χ0v) is 17.1. The van der Waals surface area contributed by atoms with Crippen LogP contribution >= 0.6 is 39.3 Å². The Morgan fingerprint density at radius 2 is 1.81 bits per heavy atom. The maximum absolute atomic E-state index is 6.19. The molecule has 2 aromatic carbocycles. The highest BCUT2D eigenvalue weighted by Gasteiger charge is 2.15. The number of thioether (sulfide) groups is 1. The summed E-state index contributed by atoms with van der Waals surface area (Å²) in [5, 5.41) is 17.0. The smallest absolute Gasteiger partial charge is 0.210 e. The zero-order valence-electron chi connectivity index (χ0n) is 13.9. The Balaban J connectivity index is 1.52. The predicted molar refractivity (Wildman–Crippen MR) is 112 cm³/mol. The van der Waals surface area contributed by atoms with E-state index in [1.807, 2.05) is 42.5 Å². The number of aromatic nitrogens is 5. The molecule has 0 atom stereocenters. The number of rotatable bonds is 5. The van der Waals surface area contributed by atoms with Crippen LogP contribution in [0.3, 0.4) is 0 Å². The van der Waals surface area contributed by atoms with E-state index in [0.29, 0.717) is 21.7 Å². The first-order valence-corrected chi connectivity index (χ1v) is 10.2. The summed E-state index contributed by atoms with van der Waals surface area (Å²) in [5.74, 6) is 7.47. The van der Waals surface area contributed by atoms with Crippen LogP contribution in [0.1, 0.15) is 5.56 Å². The second-order valence-electron chi connectivity index (χ2n) is 5.77. The standard InChI is InChI=1S/C18H14BrClN6S/c19-13-5-1-11(2-6-13)10-27-18-25-24-17(26(18)21)16-9-15(22-23-16)12-3-7-14(20)8-4-12/h1-9H,10,21H2,(H,22,23). The van der Waals surface area contributed by atoms with Crippen LogP contribution in [0.4, 0.5) is 0 Å². The molecule has 3 N–H and O–H groups in total. The highest BCUT2D eigenvalue weighted by atomic mass is 79.9. The topological polar surface area (TPSA) is 85.4 Å². The van der Waals surface area contributed by atoms with Crippen LogP contribution in [0.2, 0.25) is 5.02 Å². The van der Waals surface area contributed by atoms with Gasteiger partial charge in [0.1, 0.15) is 5.69 Å². The summed E-state index contributed by atoms with van der Waals surface area (Å²) >= 11 is 10.9. The van der Waals surface area contributed by atoms with Crippen LogP contribution in [0.5, 0.6) is 0 Å². The molecule has 0 saturated heterocycles. The van der Waals surface area contributed by atoms with Crippen molar-refractivity contribution in [2.45, 2.75) is 10.9 Å². The van der Waals surface area contributed by atoms with Gasteiger partial charge in [0.2, 0.25) is 11.0 Å². The minimum Gasteiger partial charge on any atom is -0.335 e. The third-order valence-electron chi connectivity index (χ3n) is 3.90. The van der Waals surface area contributed by atoms with Crippen molar-refractivity contribution in [3.63, 3.8) is 0 Å². The van der Waals surface area contributed by atoms with Gasteiger partial charge in [-0.2, -0.15) is 5.10 Å². The molecule has 0 bridgehead atoms. The Morgan fingerprint density at radius 3 is 2.56 bits per heavy atom. The molecule has 2 heterocycles. The molecule has 0 aliphatic rings. The van der Waals surface area contributed by atoms with Crippen molar-refractivity contribution in [2.24, 2.45) is 0 Å². The van der Waals surface area contributed by atoms with Crippen molar-refractivity contribution in [1.29, 1.82) is 0 Å². The van der Waals surface area contributed by atoms with E-state index in [1.165, 1.54) is 22.0 Å². The second kappa shape index (κ2) is 7.75. The summed E-state index contributed by atoms with van der Waals surface area (Å²) < 4.78 is 2.53. The minimum absolute atomic E-state index is 0.529. The summed E-state index contributed by atoms with van der Waals surface area (Å²) in [7, 11) is 0. The molecule has 4 aromatic rings. The summed E-state index contributed by atoms with van der Waals surface area (Å²) in [6, 6.07) is 17.5. The van der Waals surface area contributed by atoms with E-state index >= 15 is 0 Å². The fourth-order valence-corrected chi connectivity index (χ4v) is 3.70. The number of hydrogen-bond acceptors (Lipinski definition) is 5.